The van der Waals surface area contributed by atoms with E-state index >= 15 is 0 Å². The highest BCUT2D eigenvalue weighted by Gasteiger charge is 2.19. The van der Waals surface area contributed by atoms with Crippen LogP contribution in [0.3, 0.4) is 0 Å². The number of aldehydes is 2. The minimum atomic E-state index is -0.916. The lowest BCUT2D eigenvalue weighted by atomic mass is 9.89. The number of ether oxygens (including phenoxy) is 1. The molecular formula is C68H75BrCl2N2O7. The number of aromatic hydroxyl groups is 1. The second-order valence-electron chi connectivity index (χ2n) is 18.6. The number of nitriles is 1. The predicted octanol–water partition coefficient (Wildman–Crippen LogP) is 16.9. The minimum absolute atomic E-state index is 0.104. The van der Waals surface area contributed by atoms with E-state index < -0.39 is 5.97 Å². The summed E-state index contributed by atoms with van der Waals surface area (Å²) < 4.78 is 5.63. The van der Waals surface area contributed by atoms with Gasteiger partial charge in [0, 0.05) is 30.7 Å². The standard InChI is InChI=1S/C21H25NO.C15H14O2.C11H12O2.C10H11Br.C8H8O2.C2H3N.CH2Cl2/c1-14-4-5-15(2)17(10-14)6-7-21-20-12-19(13-23)16(3)11-18(20)8-9-22-21;1-12-7-8-15(9-14(12)10-16)17-11-13-5-3-2-4-6-13;1-8-3-4-9(2)10(7-8)5-6-11(12)13;1-8-3-4-9(2)10(7-8)5-6-11;1-6-2-3-8(10)4-7(6)5-9;1-2-3;2-1-3/h4-7,10-12,21-23H,8-9,13H2,1-3H3;2-10H,11H2,1H3;3-7H,1-2H3,(H,12,13);3-7H,1-2H3;2-5,10H,1H3;1H3;1H2/b7-6+;;2*6-5+;;;. The summed E-state index contributed by atoms with van der Waals surface area (Å²) in [6, 6.07) is 45.5. The average Bonchev–Trinajstić information content (AvgIpc) is 3.51. The van der Waals surface area contributed by atoms with E-state index in [0.717, 1.165) is 76.3 Å². The molecular weight excluding hydrogens is 1110 g/mol. The summed E-state index contributed by atoms with van der Waals surface area (Å²) in [5.41, 5.74) is 20.0. The third-order valence-corrected chi connectivity index (χ3v) is 12.6. The number of carboxylic acid groups (broad SMARTS) is 1. The van der Waals surface area contributed by atoms with Crippen LogP contribution in [0.4, 0.5) is 0 Å². The molecule has 0 radical (unpaired) electrons. The number of phenols is 1. The number of nitrogens with one attached hydrogen (secondary N) is 1. The number of carbonyl (C=O) groups excluding carboxylic acids is 2. The number of halogens is 3. The zero-order valence-electron chi connectivity index (χ0n) is 47.5. The van der Waals surface area contributed by atoms with Crippen molar-refractivity contribution in [3.63, 3.8) is 0 Å². The number of aliphatic hydroxyl groups is 1. The van der Waals surface area contributed by atoms with Crippen molar-refractivity contribution in [1.29, 1.82) is 5.26 Å². The lowest BCUT2D eigenvalue weighted by Crippen LogP contribution is -2.28. The largest absolute Gasteiger partial charge is 0.508 e. The van der Waals surface area contributed by atoms with Crippen LogP contribution in [0.5, 0.6) is 11.5 Å². The number of hydrogen-bond donors (Lipinski definition) is 4. The molecule has 12 heteroatoms. The van der Waals surface area contributed by atoms with Crippen LogP contribution in [0, 0.1) is 73.6 Å². The Bertz CT molecular complexity index is 3200. The molecule has 1 aliphatic heterocycles. The topological polar surface area (TPSA) is 157 Å². The third kappa shape index (κ3) is 25.6. The van der Waals surface area contributed by atoms with Crippen LogP contribution in [-0.4, -0.2) is 45.7 Å². The van der Waals surface area contributed by atoms with Gasteiger partial charge in [-0.2, -0.15) is 5.26 Å². The van der Waals surface area contributed by atoms with Gasteiger partial charge in [0.2, 0.25) is 0 Å². The fourth-order valence-corrected chi connectivity index (χ4v) is 8.02. The van der Waals surface area contributed by atoms with Gasteiger partial charge >= 0.3 is 5.97 Å². The summed E-state index contributed by atoms with van der Waals surface area (Å²) in [5.74, 6) is -0.0600. The van der Waals surface area contributed by atoms with Crippen molar-refractivity contribution in [2.75, 3.05) is 11.9 Å². The number of phenolic OH excluding ortho intramolecular Hbond substituents is 1. The molecule has 0 bridgehead atoms. The number of rotatable bonds is 11. The number of carbonyl (C=O) groups is 3. The normalized spacial score (nSPS) is 11.8. The highest BCUT2D eigenvalue weighted by molar-refractivity contribution is 9.11. The van der Waals surface area contributed by atoms with Crippen LogP contribution < -0.4 is 10.1 Å². The zero-order chi connectivity index (χ0) is 59.6. The van der Waals surface area contributed by atoms with Gasteiger partial charge in [0.25, 0.3) is 0 Å². The molecule has 0 aliphatic carbocycles. The molecule has 8 rings (SSSR count). The number of aryl methyl sites for hydroxylation is 9. The van der Waals surface area contributed by atoms with Gasteiger partial charge in [0.05, 0.1) is 24.1 Å². The lowest BCUT2D eigenvalue weighted by molar-refractivity contribution is -0.131. The first kappa shape index (κ1) is 68.7. The molecule has 0 saturated carbocycles. The fourth-order valence-electron chi connectivity index (χ4n) is 7.73. The van der Waals surface area contributed by atoms with E-state index in [1.165, 1.54) is 63.1 Å². The van der Waals surface area contributed by atoms with Crippen molar-refractivity contribution in [2.45, 2.75) is 94.9 Å². The molecule has 1 heterocycles. The number of alkyl halides is 2. The Morgan fingerprint density at radius 3 is 1.62 bits per heavy atom. The summed E-state index contributed by atoms with van der Waals surface area (Å²) in [4.78, 5) is 33.2. The number of benzene rings is 7. The third-order valence-electron chi connectivity index (χ3n) is 12.3. The van der Waals surface area contributed by atoms with Crippen LogP contribution >= 0.6 is 39.1 Å². The summed E-state index contributed by atoms with van der Waals surface area (Å²) in [6.45, 7) is 21.3. The van der Waals surface area contributed by atoms with Crippen molar-refractivity contribution in [1.82, 2.24) is 5.32 Å². The maximum atomic E-state index is 10.8. The smallest absolute Gasteiger partial charge is 0.328 e. The molecule has 1 atom stereocenters. The predicted molar refractivity (Wildman–Crippen MR) is 336 cm³/mol. The maximum Gasteiger partial charge on any atom is 0.328 e. The van der Waals surface area contributed by atoms with Crippen molar-refractivity contribution in [2.24, 2.45) is 0 Å². The number of carboxylic acids is 1. The number of nitrogens with zero attached hydrogens (tertiary/aromatic N) is 1. The number of aliphatic carboxylic acids is 1. The van der Waals surface area contributed by atoms with E-state index in [9.17, 15) is 19.5 Å². The molecule has 420 valence electrons. The maximum absolute atomic E-state index is 10.8. The van der Waals surface area contributed by atoms with Gasteiger partial charge in [-0.3, -0.25) is 9.59 Å². The van der Waals surface area contributed by atoms with E-state index in [0.29, 0.717) is 17.7 Å². The van der Waals surface area contributed by atoms with E-state index in [-0.39, 0.29) is 23.7 Å². The molecule has 4 N–H and O–H groups in total. The molecule has 9 nitrogen and oxygen atoms in total. The van der Waals surface area contributed by atoms with E-state index in [1.54, 1.807) is 30.3 Å². The van der Waals surface area contributed by atoms with Crippen LogP contribution in [-0.2, 0) is 24.4 Å². The van der Waals surface area contributed by atoms with Crippen molar-refractivity contribution >= 4 is 75.9 Å². The van der Waals surface area contributed by atoms with E-state index in [4.69, 9.17) is 43.4 Å². The number of aliphatic hydroxyl groups excluding tert-OH is 1. The molecule has 0 aromatic heterocycles. The Hall–Kier alpha value is -7.36. The van der Waals surface area contributed by atoms with Crippen LogP contribution in [0.2, 0.25) is 0 Å². The quantitative estimate of drug-likeness (QED) is 0.0562. The summed E-state index contributed by atoms with van der Waals surface area (Å²) in [5, 5.41) is 38.0. The van der Waals surface area contributed by atoms with Gasteiger partial charge in [-0.25, -0.2) is 4.79 Å². The molecule has 0 fully saturated rings. The molecule has 1 unspecified atom stereocenters. The van der Waals surface area contributed by atoms with Gasteiger partial charge < -0.3 is 25.4 Å². The average molecular weight is 1180 g/mol. The number of fused-ring (bicyclic) bond motifs is 1. The summed E-state index contributed by atoms with van der Waals surface area (Å²) >= 11 is 12.8. The fraction of sp³-hybridized carbons (Fsp3) is 0.235. The van der Waals surface area contributed by atoms with Gasteiger partial charge in [-0.15, -0.1) is 23.2 Å². The summed E-state index contributed by atoms with van der Waals surface area (Å²) in [6.07, 6.45) is 11.9. The van der Waals surface area contributed by atoms with Crippen molar-refractivity contribution in [3.8, 4) is 17.6 Å². The molecule has 0 spiro atoms. The van der Waals surface area contributed by atoms with Crippen LogP contribution in [0.15, 0.2) is 151 Å². The highest BCUT2D eigenvalue weighted by Crippen LogP contribution is 2.29. The molecule has 1 aliphatic rings. The SMILES string of the molecule is CC#N.Cc1ccc(C)c(/C=C/Br)c1.Cc1ccc(C)c(/C=C/C(=O)O)c1.Cc1ccc(C)c(/C=C/C2NCCc3cc(C)c(CO)cc32)c1.Cc1ccc(O)cc1C=O.Cc1ccc(OCc2ccccc2)cc1C=O.ClCCl. The Morgan fingerprint density at radius 1 is 0.662 bits per heavy atom. The Balaban J connectivity index is 0.000000344. The zero-order valence-corrected chi connectivity index (χ0v) is 50.6. The highest BCUT2D eigenvalue weighted by atomic mass is 79.9. The second-order valence-corrected chi connectivity index (χ2v) is 20.0. The van der Waals surface area contributed by atoms with Gasteiger partial charge in [-0.1, -0.05) is 154 Å². The van der Waals surface area contributed by atoms with Gasteiger partial charge in [-0.05, 0) is 182 Å². The monoisotopic (exact) mass is 1180 g/mol. The molecule has 0 amide bonds. The van der Waals surface area contributed by atoms with Crippen LogP contribution in [0.1, 0.15) is 123 Å². The van der Waals surface area contributed by atoms with E-state index in [1.807, 2.05) is 93.3 Å². The molecule has 80 heavy (non-hydrogen) atoms. The molecule has 0 saturated heterocycles. The minimum Gasteiger partial charge on any atom is -0.508 e. The summed E-state index contributed by atoms with van der Waals surface area (Å²) in [7, 11) is 0. The lowest BCUT2D eigenvalue weighted by Gasteiger charge is -2.26. The first-order chi connectivity index (χ1) is 38.3. The van der Waals surface area contributed by atoms with Gasteiger partial charge in [0.1, 0.15) is 30.7 Å². The molecule has 7 aromatic carbocycles. The second kappa shape index (κ2) is 38.3. The van der Waals surface area contributed by atoms with Crippen LogP contribution in [0.25, 0.3) is 18.2 Å². The Kier molecular flexibility index (Phi) is 32.9. The number of hydrogen-bond acceptors (Lipinski definition) is 8. The van der Waals surface area contributed by atoms with Crippen molar-refractivity contribution < 1.29 is 34.4 Å². The van der Waals surface area contributed by atoms with E-state index in [2.05, 4.69) is 123 Å². The van der Waals surface area contributed by atoms with Gasteiger partial charge in [0.15, 0.2) is 0 Å². The Labute approximate surface area is 493 Å². The first-order valence-electron chi connectivity index (χ1n) is 25.7. The first-order valence-corrected chi connectivity index (χ1v) is 27.7. The molecule has 7 aromatic rings. The van der Waals surface area contributed by atoms with Crippen molar-refractivity contribution in [3.05, 3.63) is 251 Å². The Morgan fingerprint density at radius 2 is 1.14 bits per heavy atom.